The number of aryl methyl sites for hydroxylation is 1. The van der Waals surface area contributed by atoms with E-state index in [0.29, 0.717) is 30.9 Å². The Bertz CT molecular complexity index is 1270. The molecule has 0 bridgehead atoms. The molecule has 0 aliphatic carbocycles. The topological polar surface area (TPSA) is 93.1 Å². The summed E-state index contributed by atoms with van der Waals surface area (Å²) in [4.78, 5) is 37.5. The summed E-state index contributed by atoms with van der Waals surface area (Å²) in [6, 6.07) is 11.7. The van der Waals surface area contributed by atoms with E-state index in [1.54, 1.807) is 24.0 Å². The van der Waals surface area contributed by atoms with Gasteiger partial charge in [-0.25, -0.2) is 4.79 Å². The molecule has 2 heterocycles. The molecule has 7 nitrogen and oxygen atoms in total. The standard InChI is InChI=1S/C29H31NO6/c1-17(2)22-9-5-6-10-23(22)24-13-21(16-31)36-27-14-26(18(3)12-25(24)27)35-19(4)28(32)30-11-7-8-20(15-30)29(33)34/h5-6,9-10,12-14,17,19-20H,7-8,11,15H2,1-4H3,(H,33,34)/t19-,20+/m1/s1. The Morgan fingerprint density at radius 2 is 1.92 bits per heavy atom. The van der Waals surface area contributed by atoms with Crippen LogP contribution in [0.3, 0.4) is 0 Å². The zero-order chi connectivity index (χ0) is 26.0. The van der Waals surface area contributed by atoms with Gasteiger partial charge in [0.1, 0.15) is 11.5 Å². The van der Waals surface area contributed by atoms with E-state index < -0.39 is 18.0 Å². The molecule has 2 aliphatic rings. The average molecular weight is 490 g/mol. The van der Waals surface area contributed by atoms with Crippen LogP contribution in [0.1, 0.15) is 61.8 Å². The summed E-state index contributed by atoms with van der Waals surface area (Å²) in [6.07, 6.45) is 2.11. The molecule has 188 valence electrons. The number of carbonyl (C=O) groups excluding carboxylic acids is 2. The van der Waals surface area contributed by atoms with E-state index in [-0.39, 0.29) is 24.1 Å². The molecule has 2 aliphatic heterocycles. The van der Waals surface area contributed by atoms with Crippen molar-refractivity contribution in [1.82, 2.24) is 4.90 Å². The van der Waals surface area contributed by atoms with Crippen LogP contribution in [-0.2, 0) is 14.4 Å². The Morgan fingerprint density at radius 1 is 1.17 bits per heavy atom. The van der Waals surface area contributed by atoms with Crippen LogP contribution >= 0.6 is 0 Å². The predicted octanol–water partition coefficient (Wildman–Crippen LogP) is 4.75. The third-order valence-electron chi connectivity index (χ3n) is 6.77. The number of hydrogen-bond acceptors (Lipinski definition) is 5. The van der Waals surface area contributed by atoms with Crippen LogP contribution in [0, 0.1) is 12.8 Å². The third-order valence-corrected chi connectivity index (χ3v) is 6.77. The molecule has 2 aromatic carbocycles. The SMILES string of the molecule is Cc1cc2c(cc1O[C@H](C)C(=O)N1CCC[C@H](C(=O)O)C1)OC(=C=O)C=C2c1ccccc1C(C)C. The number of allylic oxidation sites excluding steroid dienone is 1. The van der Waals surface area contributed by atoms with E-state index in [0.717, 1.165) is 27.8 Å². The van der Waals surface area contributed by atoms with Gasteiger partial charge in [-0.2, -0.15) is 0 Å². The van der Waals surface area contributed by atoms with Crippen molar-refractivity contribution >= 4 is 23.4 Å². The molecule has 1 saturated heterocycles. The summed E-state index contributed by atoms with van der Waals surface area (Å²) in [5, 5.41) is 9.34. The molecule has 4 rings (SSSR count). The number of likely N-dealkylation sites (tertiary alicyclic amines) is 1. The van der Waals surface area contributed by atoms with Crippen LogP contribution in [0.2, 0.25) is 0 Å². The zero-order valence-electron chi connectivity index (χ0n) is 21.0. The first-order valence-corrected chi connectivity index (χ1v) is 12.3. The monoisotopic (exact) mass is 489 g/mol. The fourth-order valence-corrected chi connectivity index (χ4v) is 4.84. The van der Waals surface area contributed by atoms with Gasteiger partial charge in [0.15, 0.2) is 12.0 Å². The Kier molecular flexibility index (Phi) is 7.32. The highest BCUT2D eigenvalue weighted by Crippen LogP contribution is 2.42. The van der Waals surface area contributed by atoms with Crippen LogP contribution in [0.15, 0.2) is 48.2 Å². The van der Waals surface area contributed by atoms with Gasteiger partial charge in [-0.1, -0.05) is 38.1 Å². The number of nitrogens with zero attached hydrogens (tertiary/aromatic N) is 1. The van der Waals surface area contributed by atoms with Crippen molar-refractivity contribution in [3.8, 4) is 11.5 Å². The molecule has 0 spiro atoms. The first kappa shape index (κ1) is 25.3. The molecule has 7 heteroatoms. The van der Waals surface area contributed by atoms with E-state index >= 15 is 0 Å². The first-order chi connectivity index (χ1) is 17.2. The van der Waals surface area contributed by atoms with Crippen molar-refractivity contribution in [1.29, 1.82) is 0 Å². The minimum Gasteiger partial charge on any atom is -0.481 e. The van der Waals surface area contributed by atoms with E-state index in [1.165, 1.54) is 0 Å². The van der Waals surface area contributed by atoms with Crippen LogP contribution < -0.4 is 9.47 Å². The highest BCUT2D eigenvalue weighted by atomic mass is 16.5. The molecule has 36 heavy (non-hydrogen) atoms. The number of aliphatic carboxylic acids is 1. The Labute approximate surface area is 211 Å². The van der Waals surface area contributed by atoms with Crippen molar-refractivity contribution < 1.29 is 29.0 Å². The van der Waals surface area contributed by atoms with Crippen molar-refractivity contribution in [2.45, 2.75) is 52.6 Å². The second kappa shape index (κ2) is 10.4. The number of rotatable bonds is 6. The van der Waals surface area contributed by atoms with E-state index in [1.807, 2.05) is 37.1 Å². The Morgan fingerprint density at radius 3 is 2.61 bits per heavy atom. The van der Waals surface area contributed by atoms with E-state index in [4.69, 9.17) is 9.47 Å². The van der Waals surface area contributed by atoms with Crippen LogP contribution in [0.4, 0.5) is 0 Å². The number of piperidine rings is 1. The predicted molar refractivity (Wildman–Crippen MR) is 136 cm³/mol. The molecule has 0 aromatic heterocycles. The van der Waals surface area contributed by atoms with Crippen molar-refractivity contribution in [2.75, 3.05) is 13.1 Å². The number of benzene rings is 2. The second-order valence-electron chi connectivity index (χ2n) is 9.70. The first-order valence-electron chi connectivity index (χ1n) is 12.3. The maximum absolute atomic E-state index is 13.0. The van der Waals surface area contributed by atoms with Crippen molar-refractivity contribution in [3.05, 3.63) is 70.5 Å². The van der Waals surface area contributed by atoms with Gasteiger partial charge < -0.3 is 19.5 Å². The number of carboxylic acid groups (broad SMARTS) is 1. The van der Waals surface area contributed by atoms with Crippen LogP contribution in [0.5, 0.6) is 11.5 Å². The van der Waals surface area contributed by atoms with Gasteiger partial charge in [0, 0.05) is 30.8 Å². The lowest BCUT2D eigenvalue weighted by Gasteiger charge is -2.32. The molecule has 0 saturated carbocycles. The summed E-state index contributed by atoms with van der Waals surface area (Å²) < 4.78 is 11.9. The molecule has 1 N–H and O–H groups in total. The number of carboxylic acids is 1. The van der Waals surface area contributed by atoms with Crippen molar-refractivity contribution in [2.24, 2.45) is 5.92 Å². The van der Waals surface area contributed by atoms with Gasteiger partial charge >= 0.3 is 5.97 Å². The lowest BCUT2D eigenvalue weighted by Crippen LogP contribution is -2.47. The van der Waals surface area contributed by atoms with Crippen LogP contribution in [0.25, 0.3) is 5.57 Å². The number of carbonyl (C=O) groups is 2. The Hall–Kier alpha value is -3.83. The van der Waals surface area contributed by atoms with Gasteiger partial charge in [-0.05, 0) is 60.9 Å². The third kappa shape index (κ3) is 5.07. The largest absolute Gasteiger partial charge is 0.481 e. The van der Waals surface area contributed by atoms with Gasteiger partial charge in [-0.3, -0.25) is 9.59 Å². The van der Waals surface area contributed by atoms with E-state index in [9.17, 15) is 19.5 Å². The quantitative estimate of drug-likeness (QED) is 0.589. The average Bonchev–Trinajstić information content (AvgIpc) is 2.88. The van der Waals surface area contributed by atoms with Gasteiger partial charge in [0.05, 0.1) is 5.92 Å². The number of hydrogen-bond donors (Lipinski definition) is 1. The summed E-state index contributed by atoms with van der Waals surface area (Å²) in [6.45, 7) is 8.50. The highest BCUT2D eigenvalue weighted by Gasteiger charge is 2.31. The Balaban J connectivity index is 1.63. The maximum Gasteiger partial charge on any atom is 0.308 e. The second-order valence-corrected chi connectivity index (χ2v) is 9.70. The number of amides is 1. The normalized spacial score (nSPS) is 18.0. The van der Waals surface area contributed by atoms with Gasteiger partial charge in [-0.15, -0.1) is 0 Å². The number of fused-ring (bicyclic) bond motifs is 1. The molecule has 2 atom stereocenters. The van der Waals surface area contributed by atoms with E-state index in [2.05, 4.69) is 19.9 Å². The minimum atomic E-state index is -0.884. The molecular weight excluding hydrogens is 458 g/mol. The van der Waals surface area contributed by atoms with Gasteiger partial charge in [0.2, 0.25) is 5.76 Å². The zero-order valence-corrected chi connectivity index (χ0v) is 21.0. The minimum absolute atomic E-state index is 0.0722. The fourth-order valence-electron chi connectivity index (χ4n) is 4.84. The summed E-state index contributed by atoms with van der Waals surface area (Å²) in [7, 11) is 0. The molecular formula is C29H31NO6. The molecule has 0 radical (unpaired) electrons. The lowest BCUT2D eigenvalue weighted by atomic mass is 9.87. The van der Waals surface area contributed by atoms with Gasteiger partial charge in [0.25, 0.3) is 5.91 Å². The summed E-state index contributed by atoms with van der Waals surface area (Å²) >= 11 is 0. The van der Waals surface area contributed by atoms with Crippen LogP contribution in [-0.4, -0.2) is 47.0 Å². The summed E-state index contributed by atoms with van der Waals surface area (Å²) in [5.74, 6) is 1.44. The molecule has 1 amide bonds. The maximum atomic E-state index is 13.0. The summed E-state index contributed by atoms with van der Waals surface area (Å²) in [5.41, 5.74) is 4.67. The van der Waals surface area contributed by atoms with Crippen molar-refractivity contribution in [3.63, 3.8) is 0 Å². The molecule has 1 fully saturated rings. The molecule has 0 unspecified atom stereocenters. The molecule has 2 aromatic rings. The smallest absolute Gasteiger partial charge is 0.308 e. The number of ether oxygens (including phenoxy) is 2. The lowest BCUT2D eigenvalue weighted by molar-refractivity contribution is -0.147. The fraction of sp³-hybridized carbons (Fsp3) is 0.379. The highest BCUT2D eigenvalue weighted by molar-refractivity contribution is 5.89.